The van der Waals surface area contributed by atoms with E-state index in [-0.39, 0.29) is 17.3 Å². The highest BCUT2D eigenvalue weighted by Gasteiger charge is 2.30. The summed E-state index contributed by atoms with van der Waals surface area (Å²) in [5.74, 6) is -1.20. The van der Waals surface area contributed by atoms with Crippen LogP contribution in [0.25, 0.3) is 17.5 Å². The normalized spacial score (nSPS) is 12.2. The lowest BCUT2D eigenvalue weighted by Crippen LogP contribution is -2.29. The second-order valence-electron chi connectivity index (χ2n) is 6.33. The van der Waals surface area contributed by atoms with Crippen LogP contribution in [-0.2, 0) is 32.3 Å². The molecule has 0 radical (unpaired) electrons. The van der Waals surface area contributed by atoms with E-state index >= 15 is 0 Å². The Morgan fingerprint density at radius 1 is 1.12 bits per heavy atom. The standard InChI is InChI=1S/C20H16F3N3O5S/c21-20(22,23)16-8-4-7-15(11-16)19-25-17(31-26-19)13-30-18(27)12-24-32(28,29)10-9-14-5-2-1-3-6-14/h1-11,24H,12-13H2/b10-9+. The molecule has 168 valence electrons. The lowest BCUT2D eigenvalue weighted by atomic mass is 10.1. The first kappa shape index (κ1) is 23.2. The first-order valence-corrected chi connectivity index (χ1v) is 10.6. The van der Waals surface area contributed by atoms with E-state index < -0.39 is 40.9 Å². The Kier molecular flexibility index (Phi) is 7.05. The van der Waals surface area contributed by atoms with Crippen molar-refractivity contribution in [2.45, 2.75) is 12.8 Å². The van der Waals surface area contributed by atoms with Crippen LogP contribution in [-0.4, -0.2) is 31.1 Å². The number of benzene rings is 2. The number of carbonyl (C=O) groups excluding carboxylic acids is 1. The molecule has 3 aromatic rings. The summed E-state index contributed by atoms with van der Waals surface area (Å²) in [5.41, 5.74) is -0.145. The first-order valence-electron chi connectivity index (χ1n) is 9.01. The third-order valence-electron chi connectivity index (χ3n) is 3.93. The number of ether oxygens (including phenoxy) is 1. The van der Waals surface area contributed by atoms with Crippen molar-refractivity contribution in [2.75, 3.05) is 6.54 Å². The molecule has 1 heterocycles. The summed E-state index contributed by atoms with van der Waals surface area (Å²) in [6.45, 7) is -1.12. The number of carbonyl (C=O) groups is 1. The molecule has 8 nitrogen and oxygen atoms in total. The van der Waals surface area contributed by atoms with Crippen molar-refractivity contribution in [1.82, 2.24) is 14.9 Å². The number of sulfonamides is 1. The van der Waals surface area contributed by atoms with Gasteiger partial charge in [-0.15, -0.1) is 0 Å². The van der Waals surface area contributed by atoms with Crippen LogP contribution in [0.3, 0.4) is 0 Å². The smallest absolute Gasteiger partial charge is 0.416 e. The van der Waals surface area contributed by atoms with E-state index in [2.05, 4.69) is 14.9 Å². The third-order valence-corrected chi connectivity index (χ3v) is 4.97. The predicted octanol–water partition coefficient (Wildman–Crippen LogP) is 3.39. The largest absolute Gasteiger partial charge is 0.455 e. The maximum Gasteiger partial charge on any atom is 0.416 e. The van der Waals surface area contributed by atoms with E-state index in [1.807, 2.05) is 0 Å². The van der Waals surface area contributed by atoms with Crippen molar-refractivity contribution >= 4 is 22.1 Å². The van der Waals surface area contributed by atoms with Gasteiger partial charge < -0.3 is 9.26 Å². The molecule has 0 aliphatic rings. The van der Waals surface area contributed by atoms with Gasteiger partial charge in [-0.05, 0) is 23.8 Å². The number of nitrogens with zero attached hydrogens (tertiary/aromatic N) is 2. The summed E-state index contributed by atoms with van der Waals surface area (Å²) < 4.78 is 74.0. The van der Waals surface area contributed by atoms with Gasteiger partial charge in [0.15, 0.2) is 6.61 Å². The van der Waals surface area contributed by atoms with Crippen LogP contribution < -0.4 is 4.72 Å². The number of halogens is 3. The summed E-state index contributed by atoms with van der Waals surface area (Å²) in [4.78, 5) is 15.7. The van der Waals surface area contributed by atoms with Crippen LogP contribution in [0.4, 0.5) is 13.2 Å². The molecule has 0 unspecified atom stereocenters. The van der Waals surface area contributed by atoms with Crippen molar-refractivity contribution in [3.63, 3.8) is 0 Å². The number of rotatable bonds is 8. The van der Waals surface area contributed by atoms with Gasteiger partial charge in [-0.25, -0.2) is 13.1 Å². The number of alkyl halides is 3. The van der Waals surface area contributed by atoms with Gasteiger partial charge in [-0.3, -0.25) is 4.79 Å². The molecular formula is C20H16F3N3O5S. The van der Waals surface area contributed by atoms with Gasteiger partial charge in [0, 0.05) is 11.0 Å². The van der Waals surface area contributed by atoms with E-state index in [4.69, 9.17) is 9.26 Å². The average molecular weight is 467 g/mol. The van der Waals surface area contributed by atoms with Crippen molar-refractivity contribution in [3.8, 4) is 11.4 Å². The summed E-state index contributed by atoms with van der Waals surface area (Å²) in [6.07, 6.45) is -3.16. The van der Waals surface area contributed by atoms with Gasteiger partial charge in [0.05, 0.1) is 5.56 Å². The molecule has 3 rings (SSSR count). The van der Waals surface area contributed by atoms with Crippen molar-refractivity contribution in [3.05, 3.63) is 77.0 Å². The van der Waals surface area contributed by atoms with E-state index in [0.29, 0.717) is 5.56 Å². The van der Waals surface area contributed by atoms with Crippen LogP contribution in [0, 0.1) is 0 Å². The molecule has 32 heavy (non-hydrogen) atoms. The van der Waals surface area contributed by atoms with E-state index in [0.717, 1.165) is 17.5 Å². The summed E-state index contributed by atoms with van der Waals surface area (Å²) in [5, 5.41) is 4.47. The quantitative estimate of drug-likeness (QED) is 0.506. The van der Waals surface area contributed by atoms with Gasteiger partial charge in [-0.2, -0.15) is 18.2 Å². The second kappa shape index (κ2) is 9.75. The van der Waals surface area contributed by atoms with Gasteiger partial charge >= 0.3 is 12.1 Å². The minimum absolute atomic E-state index is 0.0686. The highest BCUT2D eigenvalue weighted by molar-refractivity contribution is 7.92. The monoisotopic (exact) mass is 467 g/mol. The second-order valence-corrected chi connectivity index (χ2v) is 7.98. The Morgan fingerprint density at radius 3 is 2.59 bits per heavy atom. The number of aromatic nitrogens is 2. The molecule has 0 bridgehead atoms. The minimum atomic E-state index is -4.53. The molecule has 0 aliphatic heterocycles. The molecule has 12 heteroatoms. The zero-order valence-corrected chi connectivity index (χ0v) is 17.1. The Morgan fingerprint density at radius 2 is 1.88 bits per heavy atom. The molecular weight excluding hydrogens is 451 g/mol. The number of esters is 1. The van der Waals surface area contributed by atoms with Gasteiger partial charge in [0.25, 0.3) is 5.89 Å². The fraction of sp³-hybridized carbons (Fsp3) is 0.150. The van der Waals surface area contributed by atoms with Crippen LogP contribution in [0.1, 0.15) is 17.0 Å². The molecule has 1 aromatic heterocycles. The van der Waals surface area contributed by atoms with E-state index in [1.165, 1.54) is 18.2 Å². The highest BCUT2D eigenvalue weighted by atomic mass is 32.2. The maximum atomic E-state index is 12.8. The van der Waals surface area contributed by atoms with Crippen molar-refractivity contribution < 1.29 is 35.6 Å². The van der Waals surface area contributed by atoms with Crippen LogP contribution in [0.15, 0.2) is 64.5 Å². The van der Waals surface area contributed by atoms with Gasteiger partial charge in [-0.1, -0.05) is 47.6 Å². The predicted molar refractivity (Wildman–Crippen MR) is 107 cm³/mol. The summed E-state index contributed by atoms with van der Waals surface area (Å²) >= 11 is 0. The van der Waals surface area contributed by atoms with Crippen LogP contribution in [0.2, 0.25) is 0 Å². The topological polar surface area (TPSA) is 111 Å². The molecule has 0 aliphatic carbocycles. The van der Waals surface area contributed by atoms with Gasteiger partial charge in [0.2, 0.25) is 15.8 Å². The molecule has 0 fully saturated rings. The molecule has 0 amide bonds. The third kappa shape index (κ3) is 6.75. The Labute approximate surface area is 180 Å². The van der Waals surface area contributed by atoms with Crippen LogP contribution >= 0.6 is 0 Å². The average Bonchev–Trinajstić information content (AvgIpc) is 3.24. The Hall–Kier alpha value is -3.51. The van der Waals surface area contributed by atoms with E-state index in [1.54, 1.807) is 30.3 Å². The van der Waals surface area contributed by atoms with Gasteiger partial charge in [0.1, 0.15) is 6.54 Å². The Balaban J connectivity index is 1.52. The number of nitrogens with one attached hydrogen (secondary N) is 1. The lowest BCUT2D eigenvalue weighted by Gasteiger charge is -2.06. The molecule has 0 saturated carbocycles. The van der Waals surface area contributed by atoms with Crippen molar-refractivity contribution in [1.29, 1.82) is 0 Å². The fourth-order valence-electron chi connectivity index (χ4n) is 2.40. The Bertz CT molecular complexity index is 1210. The molecule has 0 atom stereocenters. The van der Waals surface area contributed by atoms with Crippen molar-refractivity contribution in [2.24, 2.45) is 0 Å². The highest BCUT2D eigenvalue weighted by Crippen LogP contribution is 2.31. The molecule has 1 N–H and O–H groups in total. The lowest BCUT2D eigenvalue weighted by molar-refractivity contribution is -0.144. The number of hydrogen-bond acceptors (Lipinski definition) is 7. The SMILES string of the molecule is O=C(CNS(=O)(=O)/C=C/c1ccccc1)OCc1nc(-c2cccc(C(F)(F)F)c2)no1. The molecule has 0 saturated heterocycles. The first-order chi connectivity index (χ1) is 15.1. The zero-order valence-electron chi connectivity index (χ0n) is 16.2. The van der Waals surface area contributed by atoms with Crippen LogP contribution in [0.5, 0.6) is 0 Å². The number of hydrogen-bond donors (Lipinski definition) is 1. The summed E-state index contributed by atoms with van der Waals surface area (Å²) in [6, 6.07) is 13.0. The molecule has 2 aromatic carbocycles. The van der Waals surface area contributed by atoms with E-state index in [9.17, 15) is 26.4 Å². The fourth-order valence-corrected chi connectivity index (χ4v) is 3.15. The minimum Gasteiger partial charge on any atom is -0.455 e. The summed E-state index contributed by atoms with van der Waals surface area (Å²) in [7, 11) is -3.88. The maximum absolute atomic E-state index is 12.8. The zero-order chi connectivity index (χ0) is 23.2. The molecule has 0 spiro atoms.